The molecule has 0 radical (unpaired) electrons. The summed E-state index contributed by atoms with van der Waals surface area (Å²) in [6.07, 6.45) is 0. The number of hydrogen-bond acceptors (Lipinski definition) is 1. The highest BCUT2D eigenvalue weighted by atomic mass is 35.5. The molecule has 4 heteroatoms. The Bertz CT molecular complexity index is 314. The van der Waals surface area contributed by atoms with Gasteiger partial charge in [0.2, 0.25) is 0 Å². The summed E-state index contributed by atoms with van der Waals surface area (Å²) in [7, 11) is 0. The van der Waals surface area contributed by atoms with Gasteiger partial charge in [-0.05, 0) is 26.0 Å². The molecule has 0 fully saturated rings. The van der Waals surface area contributed by atoms with Crippen LogP contribution in [0.1, 0.15) is 19.4 Å². The molecule has 0 saturated heterocycles. The highest BCUT2D eigenvalue weighted by Gasteiger charge is 2.45. The summed E-state index contributed by atoms with van der Waals surface area (Å²) in [6.45, 7) is 2.59. The third kappa shape index (κ3) is 2.04. The average Bonchev–Trinajstić information content (AvgIpc) is 2.03. The van der Waals surface area contributed by atoms with Crippen molar-refractivity contribution < 1.29 is 8.78 Å². The third-order valence-electron chi connectivity index (χ3n) is 2.02. The Hall–Kier alpha value is -0.670. The first-order chi connectivity index (χ1) is 6.25. The maximum absolute atomic E-state index is 13.6. The van der Waals surface area contributed by atoms with Crippen LogP contribution in [0.3, 0.4) is 0 Å². The summed E-state index contributed by atoms with van der Waals surface area (Å²) >= 11 is 5.60. The summed E-state index contributed by atoms with van der Waals surface area (Å²) in [5.41, 5.74) is 3.70. The van der Waals surface area contributed by atoms with E-state index in [4.69, 9.17) is 17.3 Å². The maximum atomic E-state index is 13.6. The molecule has 1 nitrogen and oxygen atoms in total. The molecule has 0 aliphatic carbocycles. The Balaban J connectivity index is 3.10. The van der Waals surface area contributed by atoms with Crippen LogP contribution < -0.4 is 5.73 Å². The van der Waals surface area contributed by atoms with E-state index in [2.05, 4.69) is 0 Å². The number of alkyl halides is 2. The molecular weight excluding hydrogens is 208 g/mol. The van der Waals surface area contributed by atoms with Gasteiger partial charge in [0.15, 0.2) is 0 Å². The Labute approximate surface area is 86.9 Å². The van der Waals surface area contributed by atoms with E-state index in [9.17, 15) is 8.78 Å². The number of hydrogen-bond donors (Lipinski definition) is 1. The predicted molar refractivity (Wildman–Crippen MR) is 53.6 cm³/mol. The molecule has 0 aliphatic heterocycles. The molecule has 0 heterocycles. The molecule has 14 heavy (non-hydrogen) atoms. The van der Waals surface area contributed by atoms with E-state index in [1.54, 1.807) is 0 Å². The molecule has 0 aliphatic rings. The van der Waals surface area contributed by atoms with E-state index >= 15 is 0 Å². The van der Waals surface area contributed by atoms with E-state index in [0.717, 1.165) is 0 Å². The van der Waals surface area contributed by atoms with Crippen molar-refractivity contribution >= 4 is 11.6 Å². The SMILES string of the molecule is CC(C)(N)C(F)(F)c1ccc(Cl)cc1. The second-order valence-electron chi connectivity index (χ2n) is 3.80. The largest absolute Gasteiger partial charge is 0.320 e. The molecule has 0 bridgehead atoms. The molecule has 1 aromatic carbocycles. The Morgan fingerprint density at radius 1 is 1.14 bits per heavy atom. The summed E-state index contributed by atoms with van der Waals surface area (Å²) in [6, 6.07) is 5.43. The van der Waals surface area contributed by atoms with Crippen LogP contribution in [0.4, 0.5) is 8.78 Å². The zero-order chi connectivity index (χ0) is 11.0. The average molecular weight is 220 g/mol. The fourth-order valence-corrected chi connectivity index (χ4v) is 1.16. The minimum atomic E-state index is -3.06. The van der Waals surface area contributed by atoms with Crippen molar-refractivity contribution in [3.63, 3.8) is 0 Å². The van der Waals surface area contributed by atoms with Crippen LogP contribution in [-0.4, -0.2) is 5.54 Å². The fourth-order valence-electron chi connectivity index (χ4n) is 1.03. The number of nitrogens with two attached hydrogens (primary N) is 1. The molecule has 78 valence electrons. The Morgan fingerprint density at radius 2 is 1.57 bits per heavy atom. The fraction of sp³-hybridized carbons (Fsp3) is 0.400. The van der Waals surface area contributed by atoms with Crippen LogP contribution in [0.25, 0.3) is 0 Å². The number of rotatable bonds is 2. The van der Waals surface area contributed by atoms with Gasteiger partial charge < -0.3 is 5.73 Å². The van der Waals surface area contributed by atoms with Crippen LogP contribution in [0.2, 0.25) is 5.02 Å². The summed E-state index contributed by atoms with van der Waals surface area (Å²) in [5, 5.41) is 0.430. The summed E-state index contributed by atoms with van der Waals surface area (Å²) in [5.74, 6) is -3.06. The van der Waals surface area contributed by atoms with Gasteiger partial charge in [-0.3, -0.25) is 0 Å². The number of benzene rings is 1. The topological polar surface area (TPSA) is 26.0 Å². The van der Waals surface area contributed by atoms with Crippen LogP contribution >= 0.6 is 11.6 Å². The lowest BCUT2D eigenvalue weighted by atomic mass is 9.91. The molecular formula is C10H12ClF2N. The van der Waals surface area contributed by atoms with Gasteiger partial charge in [0.05, 0.1) is 5.54 Å². The zero-order valence-corrected chi connectivity index (χ0v) is 8.78. The van der Waals surface area contributed by atoms with Crippen molar-refractivity contribution in [3.05, 3.63) is 34.9 Å². The van der Waals surface area contributed by atoms with E-state index in [1.807, 2.05) is 0 Å². The van der Waals surface area contributed by atoms with Crippen molar-refractivity contribution in [3.8, 4) is 0 Å². The van der Waals surface area contributed by atoms with Gasteiger partial charge in [0, 0.05) is 10.6 Å². The molecule has 2 N–H and O–H groups in total. The number of halogens is 3. The molecule has 0 spiro atoms. The maximum Gasteiger partial charge on any atom is 0.290 e. The monoisotopic (exact) mass is 219 g/mol. The van der Waals surface area contributed by atoms with E-state index in [1.165, 1.54) is 38.1 Å². The van der Waals surface area contributed by atoms with E-state index in [0.29, 0.717) is 5.02 Å². The lowest BCUT2D eigenvalue weighted by Crippen LogP contribution is -2.48. The minimum Gasteiger partial charge on any atom is -0.320 e. The second-order valence-corrected chi connectivity index (χ2v) is 4.24. The standard InChI is InChI=1S/C10H12ClF2N/c1-9(2,14)10(12,13)7-3-5-8(11)6-4-7/h3-6H,14H2,1-2H3. The Kier molecular flexibility index (Phi) is 2.83. The van der Waals surface area contributed by atoms with Gasteiger partial charge in [0.1, 0.15) is 0 Å². The van der Waals surface area contributed by atoms with Crippen LogP contribution in [-0.2, 0) is 5.92 Å². The van der Waals surface area contributed by atoms with Gasteiger partial charge in [-0.1, -0.05) is 23.7 Å². The highest BCUT2D eigenvalue weighted by molar-refractivity contribution is 6.30. The zero-order valence-electron chi connectivity index (χ0n) is 8.02. The first kappa shape index (κ1) is 11.4. The summed E-state index contributed by atoms with van der Waals surface area (Å²) < 4.78 is 27.3. The van der Waals surface area contributed by atoms with Gasteiger partial charge in [0.25, 0.3) is 5.92 Å². The molecule has 0 aromatic heterocycles. The van der Waals surface area contributed by atoms with Gasteiger partial charge in [-0.2, -0.15) is 8.78 Å². The highest BCUT2D eigenvalue weighted by Crippen LogP contribution is 2.37. The van der Waals surface area contributed by atoms with Crippen LogP contribution in [0.5, 0.6) is 0 Å². The van der Waals surface area contributed by atoms with Crippen LogP contribution in [0, 0.1) is 0 Å². The van der Waals surface area contributed by atoms with Crippen molar-refractivity contribution in [2.24, 2.45) is 5.73 Å². The molecule has 1 rings (SSSR count). The third-order valence-corrected chi connectivity index (χ3v) is 2.27. The van der Waals surface area contributed by atoms with Crippen molar-refractivity contribution in [2.75, 3.05) is 0 Å². The molecule has 0 amide bonds. The van der Waals surface area contributed by atoms with E-state index in [-0.39, 0.29) is 5.56 Å². The quantitative estimate of drug-likeness (QED) is 0.813. The Morgan fingerprint density at radius 3 is 1.93 bits per heavy atom. The molecule has 0 atom stereocenters. The second kappa shape index (κ2) is 3.48. The van der Waals surface area contributed by atoms with Crippen molar-refractivity contribution in [1.29, 1.82) is 0 Å². The predicted octanol–water partition coefficient (Wildman–Crippen LogP) is 3.17. The van der Waals surface area contributed by atoms with E-state index < -0.39 is 11.5 Å². The van der Waals surface area contributed by atoms with Crippen molar-refractivity contribution in [2.45, 2.75) is 25.3 Å². The lowest BCUT2D eigenvalue weighted by molar-refractivity contribution is -0.0672. The van der Waals surface area contributed by atoms with Crippen LogP contribution in [0.15, 0.2) is 24.3 Å². The molecule has 1 aromatic rings. The smallest absolute Gasteiger partial charge is 0.290 e. The first-order valence-electron chi connectivity index (χ1n) is 4.18. The minimum absolute atomic E-state index is 0.116. The van der Waals surface area contributed by atoms with Gasteiger partial charge in [-0.25, -0.2) is 0 Å². The normalized spacial score (nSPS) is 13.0. The molecule has 0 saturated carbocycles. The summed E-state index contributed by atoms with van der Waals surface area (Å²) in [4.78, 5) is 0. The molecule has 0 unspecified atom stereocenters. The van der Waals surface area contributed by atoms with Gasteiger partial charge >= 0.3 is 0 Å². The first-order valence-corrected chi connectivity index (χ1v) is 4.55. The lowest BCUT2D eigenvalue weighted by Gasteiger charge is -2.30. The van der Waals surface area contributed by atoms with Gasteiger partial charge in [-0.15, -0.1) is 0 Å². The van der Waals surface area contributed by atoms with Crippen molar-refractivity contribution in [1.82, 2.24) is 0 Å².